The number of hydrogen-bond donors (Lipinski definition) is 2. The maximum atomic E-state index is 10.1. The first kappa shape index (κ1) is 12.2. The molecule has 1 heterocycles. The summed E-state index contributed by atoms with van der Waals surface area (Å²) in [7, 11) is 1.66. The molecule has 0 bridgehead atoms. The third kappa shape index (κ3) is 2.36. The molecule has 0 radical (unpaired) electrons. The zero-order valence-corrected chi connectivity index (χ0v) is 11.0. The highest BCUT2D eigenvalue weighted by Gasteiger charge is 2.34. The molecular formula is C15H18N2O2. The Morgan fingerprint density at radius 3 is 2.89 bits per heavy atom. The summed E-state index contributed by atoms with van der Waals surface area (Å²) >= 11 is 0. The van der Waals surface area contributed by atoms with E-state index in [9.17, 15) is 5.11 Å². The Hall–Kier alpha value is -1.81. The van der Waals surface area contributed by atoms with Crippen molar-refractivity contribution in [1.29, 1.82) is 0 Å². The molecule has 3 rings (SSSR count). The molecular weight excluding hydrogens is 240 g/mol. The van der Waals surface area contributed by atoms with Crippen LogP contribution >= 0.6 is 0 Å². The van der Waals surface area contributed by atoms with E-state index in [1.807, 2.05) is 24.3 Å². The minimum absolute atomic E-state index is 0.545. The Labute approximate surface area is 112 Å². The van der Waals surface area contributed by atoms with Crippen LogP contribution in [0.2, 0.25) is 0 Å². The summed E-state index contributed by atoms with van der Waals surface area (Å²) < 4.78 is 5.22. The fourth-order valence-corrected chi connectivity index (χ4v) is 2.43. The highest BCUT2D eigenvalue weighted by Crippen LogP contribution is 2.32. The molecule has 0 saturated heterocycles. The Morgan fingerprint density at radius 2 is 2.21 bits per heavy atom. The number of pyridine rings is 1. The van der Waals surface area contributed by atoms with Gasteiger partial charge in [-0.15, -0.1) is 0 Å². The van der Waals surface area contributed by atoms with Crippen LogP contribution in [0.1, 0.15) is 19.3 Å². The van der Waals surface area contributed by atoms with Crippen molar-refractivity contribution in [3.63, 3.8) is 0 Å². The zero-order valence-electron chi connectivity index (χ0n) is 11.0. The second-order valence-corrected chi connectivity index (χ2v) is 5.18. The normalized spacial score (nSPS) is 16.9. The minimum atomic E-state index is -0.545. The van der Waals surface area contributed by atoms with Gasteiger partial charge in [-0.05, 0) is 48.9 Å². The van der Waals surface area contributed by atoms with E-state index in [1.165, 1.54) is 0 Å². The van der Waals surface area contributed by atoms with Gasteiger partial charge in [0.05, 0.1) is 12.7 Å². The number of hydrogen-bond acceptors (Lipinski definition) is 4. The molecule has 1 aromatic heterocycles. The molecule has 0 spiro atoms. The fraction of sp³-hybridized carbons (Fsp3) is 0.400. The first-order valence-corrected chi connectivity index (χ1v) is 6.59. The predicted molar refractivity (Wildman–Crippen MR) is 75.6 cm³/mol. The van der Waals surface area contributed by atoms with Crippen molar-refractivity contribution in [2.45, 2.75) is 24.9 Å². The van der Waals surface area contributed by atoms with Gasteiger partial charge in [0.2, 0.25) is 0 Å². The summed E-state index contributed by atoms with van der Waals surface area (Å²) in [5.74, 6) is 1.66. The first-order valence-electron chi connectivity index (χ1n) is 6.59. The summed E-state index contributed by atoms with van der Waals surface area (Å²) in [6.45, 7) is 0.561. The molecule has 100 valence electrons. The summed E-state index contributed by atoms with van der Waals surface area (Å²) in [6, 6.07) is 7.86. The lowest BCUT2D eigenvalue weighted by Crippen LogP contribution is -2.43. The predicted octanol–water partition coefficient (Wildman–Crippen LogP) is 2.57. The Balaban J connectivity index is 1.86. The average Bonchev–Trinajstić information content (AvgIpc) is 2.42. The van der Waals surface area contributed by atoms with Gasteiger partial charge in [0.1, 0.15) is 11.6 Å². The first-order chi connectivity index (χ1) is 9.20. The number of nitrogens with zero attached hydrogens (tertiary/aromatic N) is 1. The van der Waals surface area contributed by atoms with Gasteiger partial charge in [0.15, 0.2) is 0 Å². The molecule has 19 heavy (non-hydrogen) atoms. The number of nitrogens with one attached hydrogen (secondary N) is 1. The van der Waals surface area contributed by atoms with Gasteiger partial charge in [-0.2, -0.15) is 0 Å². The van der Waals surface area contributed by atoms with E-state index in [2.05, 4.69) is 10.3 Å². The molecule has 0 unspecified atom stereocenters. The second-order valence-electron chi connectivity index (χ2n) is 5.18. The van der Waals surface area contributed by atoms with Gasteiger partial charge >= 0.3 is 0 Å². The monoisotopic (exact) mass is 258 g/mol. The number of aliphatic hydroxyl groups is 1. The van der Waals surface area contributed by atoms with Crippen LogP contribution in [-0.2, 0) is 0 Å². The van der Waals surface area contributed by atoms with E-state index in [4.69, 9.17) is 4.74 Å². The van der Waals surface area contributed by atoms with Gasteiger partial charge in [-0.3, -0.25) is 0 Å². The molecule has 0 atom stereocenters. The van der Waals surface area contributed by atoms with Crippen LogP contribution in [0.3, 0.4) is 0 Å². The Bertz CT molecular complexity index is 594. The van der Waals surface area contributed by atoms with Gasteiger partial charge in [-0.25, -0.2) is 4.98 Å². The summed E-state index contributed by atoms with van der Waals surface area (Å²) in [5, 5.41) is 15.5. The standard InChI is InChI=1S/C15H18N2O2/c1-19-12-3-4-13-11(9-12)5-8-16-14(13)17-10-15(18)6-2-7-15/h3-5,8-9,18H,2,6-7,10H2,1H3,(H,16,17). The van der Waals surface area contributed by atoms with E-state index in [0.717, 1.165) is 41.6 Å². The quantitative estimate of drug-likeness (QED) is 0.885. The van der Waals surface area contributed by atoms with Crippen molar-refractivity contribution in [3.05, 3.63) is 30.5 Å². The molecule has 1 aliphatic carbocycles. The maximum Gasteiger partial charge on any atom is 0.133 e. The third-order valence-electron chi connectivity index (χ3n) is 3.84. The smallest absolute Gasteiger partial charge is 0.133 e. The topological polar surface area (TPSA) is 54.4 Å². The molecule has 2 N–H and O–H groups in total. The Morgan fingerprint density at radius 1 is 1.37 bits per heavy atom. The van der Waals surface area contributed by atoms with Crippen molar-refractivity contribution < 1.29 is 9.84 Å². The number of anilines is 1. The third-order valence-corrected chi connectivity index (χ3v) is 3.84. The minimum Gasteiger partial charge on any atom is -0.497 e. The Kier molecular flexibility index (Phi) is 3.03. The average molecular weight is 258 g/mol. The van der Waals surface area contributed by atoms with Crippen LogP contribution in [0.15, 0.2) is 30.5 Å². The highest BCUT2D eigenvalue weighted by molar-refractivity contribution is 5.92. The fourth-order valence-electron chi connectivity index (χ4n) is 2.43. The van der Waals surface area contributed by atoms with E-state index in [1.54, 1.807) is 13.3 Å². The molecule has 4 heteroatoms. The van der Waals surface area contributed by atoms with E-state index >= 15 is 0 Å². The number of methoxy groups -OCH3 is 1. The zero-order chi connectivity index (χ0) is 13.3. The number of fused-ring (bicyclic) bond motifs is 1. The van der Waals surface area contributed by atoms with E-state index < -0.39 is 5.60 Å². The van der Waals surface area contributed by atoms with Gasteiger partial charge in [-0.1, -0.05) is 0 Å². The van der Waals surface area contributed by atoms with Crippen LogP contribution in [0.4, 0.5) is 5.82 Å². The van der Waals surface area contributed by atoms with Crippen molar-refractivity contribution in [2.24, 2.45) is 0 Å². The molecule has 0 aliphatic heterocycles. The van der Waals surface area contributed by atoms with Crippen LogP contribution in [0.5, 0.6) is 5.75 Å². The molecule has 1 aliphatic rings. The molecule has 2 aromatic rings. The molecule has 1 saturated carbocycles. The number of aromatic nitrogens is 1. The molecule has 1 aromatic carbocycles. The lowest BCUT2D eigenvalue weighted by molar-refractivity contribution is -0.0202. The van der Waals surface area contributed by atoms with E-state index in [-0.39, 0.29) is 0 Å². The van der Waals surface area contributed by atoms with Crippen molar-refractivity contribution >= 4 is 16.6 Å². The second kappa shape index (κ2) is 4.70. The molecule has 0 amide bonds. The number of benzene rings is 1. The molecule has 4 nitrogen and oxygen atoms in total. The van der Waals surface area contributed by atoms with Crippen molar-refractivity contribution in [2.75, 3.05) is 19.0 Å². The number of ether oxygens (including phenoxy) is 1. The van der Waals surface area contributed by atoms with Crippen molar-refractivity contribution in [3.8, 4) is 5.75 Å². The lowest BCUT2D eigenvalue weighted by Gasteiger charge is -2.36. The lowest BCUT2D eigenvalue weighted by atomic mass is 9.80. The van der Waals surface area contributed by atoms with E-state index in [0.29, 0.717) is 6.54 Å². The van der Waals surface area contributed by atoms with Gasteiger partial charge in [0.25, 0.3) is 0 Å². The number of rotatable bonds is 4. The van der Waals surface area contributed by atoms with Crippen LogP contribution in [0, 0.1) is 0 Å². The highest BCUT2D eigenvalue weighted by atomic mass is 16.5. The van der Waals surface area contributed by atoms with Crippen LogP contribution < -0.4 is 10.1 Å². The van der Waals surface area contributed by atoms with Gasteiger partial charge < -0.3 is 15.2 Å². The largest absolute Gasteiger partial charge is 0.497 e. The molecule has 1 fully saturated rings. The summed E-state index contributed by atoms with van der Waals surface area (Å²) in [4.78, 5) is 4.36. The van der Waals surface area contributed by atoms with Crippen molar-refractivity contribution in [1.82, 2.24) is 4.98 Å². The maximum absolute atomic E-state index is 10.1. The SMILES string of the molecule is COc1ccc2c(NCC3(O)CCC3)nccc2c1. The van der Waals surface area contributed by atoms with Crippen LogP contribution in [0.25, 0.3) is 10.8 Å². The summed E-state index contributed by atoms with van der Waals surface area (Å²) in [5.41, 5.74) is -0.545. The van der Waals surface area contributed by atoms with Gasteiger partial charge in [0, 0.05) is 18.1 Å². The summed E-state index contributed by atoms with van der Waals surface area (Å²) in [6.07, 6.45) is 4.63. The van der Waals surface area contributed by atoms with Crippen LogP contribution in [-0.4, -0.2) is 29.3 Å².